The predicted octanol–water partition coefficient (Wildman–Crippen LogP) is 3.18. The van der Waals surface area contributed by atoms with Crippen LogP contribution in [-0.2, 0) is 9.53 Å². The number of rotatable bonds is 4. The highest BCUT2D eigenvalue weighted by molar-refractivity contribution is 6.30. The summed E-state index contributed by atoms with van der Waals surface area (Å²) in [5, 5.41) is 10.9. The fourth-order valence-corrected chi connectivity index (χ4v) is 3.58. The van der Waals surface area contributed by atoms with Crippen LogP contribution < -0.4 is 10.3 Å². The van der Waals surface area contributed by atoms with E-state index in [4.69, 9.17) is 21.1 Å². The van der Waals surface area contributed by atoms with Crippen LogP contribution in [0.1, 0.15) is 23.5 Å². The van der Waals surface area contributed by atoms with Gasteiger partial charge in [-0.2, -0.15) is 4.98 Å². The standard InChI is InChI=1S/C21H17ClN2O5/c1-28-18(25)9-15(13-8-12-4-2-3-5-16(12)29-11-13)19-20(26)23-17-7-6-14(22)10-24(17)21(19)27/h2-8,10,15,26H,9,11H2,1H3. The summed E-state index contributed by atoms with van der Waals surface area (Å²) in [6, 6.07) is 10.5. The van der Waals surface area contributed by atoms with Gasteiger partial charge in [-0.05, 0) is 29.8 Å². The first kappa shape index (κ1) is 19.0. The zero-order chi connectivity index (χ0) is 20.5. The molecular formula is C21H17ClN2O5. The third-order valence-corrected chi connectivity index (χ3v) is 5.07. The lowest BCUT2D eigenvalue weighted by Gasteiger charge is -2.24. The number of carbonyl (C=O) groups excluding carboxylic acids is 1. The number of pyridine rings is 1. The second-order valence-electron chi connectivity index (χ2n) is 6.61. The second-order valence-corrected chi connectivity index (χ2v) is 7.04. The molecule has 1 aliphatic heterocycles. The number of aromatic hydroxyl groups is 1. The van der Waals surface area contributed by atoms with Gasteiger partial charge in [-0.15, -0.1) is 0 Å². The van der Waals surface area contributed by atoms with Crippen molar-refractivity contribution in [2.45, 2.75) is 12.3 Å². The van der Waals surface area contributed by atoms with Gasteiger partial charge in [0.05, 0.1) is 24.1 Å². The highest BCUT2D eigenvalue weighted by atomic mass is 35.5. The number of halogens is 1. The second kappa shape index (κ2) is 7.60. The van der Waals surface area contributed by atoms with Gasteiger partial charge < -0.3 is 14.6 Å². The highest BCUT2D eigenvalue weighted by Gasteiger charge is 2.30. The van der Waals surface area contributed by atoms with E-state index in [1.807, 2.05) is 30.3 Å². The molecule has 0 radical (unpaired) electrons. The maximum absolute atomic E-state index is 13.2. The summed E-state index contributed by atoms with van der Waals surface area (Å²) >= 11 is 6.02. The van der Waals surface area contributed by atoms with Crippen molar-refractivity contribution in [3.8, 4) is 11.6 Å². The van der Waals surface area contributed by atoms with Crippen LogP contribution in [0, 0.1) is 0 Å². The molecule has 1 atom stereocenters. The minimum absolute atomic E-state index is 0.00982. The van der Waals surface area contributed by atoms with Gasteiger partial charge in [0, 0.05) is 17.7 Å². The van der Waals surface area contributed by atoms with Gasteiger partial charge in [0.2, 0.25) is 5.88 Å². The molecular weight excluding hydrogens is 396 g/mol. The Morgan fingerprint density at radius 3 is 2.93 bits per heavy atom. The molecule has 1 aromatic carbocycles. The average molecular weight is 413 g/mol. The van der Waals surface area contributed by atoms with Crippen molar-refractivity contribution >= 4 is 29.3 Å². The van der Waals surface area contributed by atoms with E-state index < -0.39 is 23.3 Å². The van der Waals surface area contributed by atoms with Crippen LogP contribution in [0.15, 0.2) is 53.0 Å². The summed E-state index contributed by atoms with van der Waals surface area (Å²) in [6.45, 7) is 0.163. The van der Waals surface area contributed by atoms with Gasteiger partial charge >= 0.3 is 5.97 Å². The normalized spacial score (nSPS) is 13.9. The highest BCUT2D eigenvalue weighted by Crippen LogP contribution is 2.36. The van der Waals surface area contributed by atoms with Crippen LogP contribution in [-0.4, -0.2) is 34.2 Å². The van der Waals surface area contributed by atoms with Crippen LogP contribution in [0.3, 0.4) is 0 Å². The molecule has 0 aliphatic carbocycles. The van der Waals surface area contributed by atoms with Gasteiger partial charge in [0.15, 0.2) is 0 Å². The third-order valence-electron chi connectivity index (χ3n) is 4.85. The molecule has 0 bridgehead atoms. The topological polar surface area (TPSA) is 90.1 Å². The molecule has 0 spiro atoms. The lowest BCUT2D eigenvalue weighted by molar-refractivity contribution is -0.140. The van der Waals surface area contributed by atoms with Gasteiger partial charge in [0.25, 0.3) is 5.56 Å². The largest absolute Gasteiger partial charge is 0.493 e. The minimum atomic E-state index is -0.772. The number of nitrogens with zero attached hydrogens (tertiary/aromatic N) is 2. The van der Waals surface area contributed by atoms with E-state index in [2.05, 4.69) is 4.98 Å². The van der Waals surface area contributed by atoms with Crippen molar-refractivity contribution in [3.05, 3.63) is 74.7 Å². The van der Waals surface area contributed by atoms with E-state index >= 15 is 0 Å². The van der Waals surface area contributed by atoms with Crippen molar-refractivity contribution in [2.75, 3.05) is 13.7 Å². The monoisotopic (exact) mass is 412 g/mol. The molecule has 8 heteroatoms. The molecule has 4 rings (SSSR count). The van der Waals surface area contributed by atoms with Gasteiger partial charge in [0.1, 0.15) is 18.0 Å². The number of fused-ring (bicyclic) bond motifs is 2. The Kier molecular flexibility index (Phi) is 4.98. The average Bonchev–Trinajstić information content (AvgIpc) is 2.73. The molecule has 7 nitrogen and oxygen atoms in total. The molecule has 1 aliphatic rings. The van der Waals surface area contributed by atoms with Crippen molar-refractivity contribution in [2.24, 2.45) is 0 Å². The molecule has 3 aromatic rings. The number of methoxy groups -OCH3 is 1. The lowest BCUT2D eigenvalue weighted by atomic mass is 9.87. The van der Waals surface area contributed by atoms with Crippen molar-refractivity contribution < 1.29 is 19.4 Å². The Morgan fingerprint density at radius 1 is 1.34 bits per heavy atom. The molecule has 2 aromatic heterocycles. The molecule has 1 N–H and O–H groups in total. The molecule has 29 heavy (non-hydrogen) atoms. The molecule has 148 valence electrons. The van der Waals surface area contributed by atoms with E-state index in [1.165, 1.54) is 23.8 Å². The van der Waals surface area contributed by atoms with E-state index in [0.717, 1.165) is 5.56 Å². The van der Waals surface area contributed by atoms with Crippen molar-refractivity contribution in [1.82, 2.24) is 9.38 Å². The number of aromatic nitrogens is 2. The Morgan fingerprint density at radius 2 is 2.14 bits per heavy atom. The fourth-order valence-electron chi connectivity index (χ4n) is 3.42. The predicted molar refractivity (Wildman–Crippen MR) is 107 cm³/mol. The summed E-state index contributed by atoms with van der Waals surface area (Å²) < 4.78 is 11.8. The number of hydrogen-bond donors (Lipinski definition) is 1. The Balaban J connectivity index is 1.90. The maximum atomic E-state index is 13.2. The Labute approximate surface area is 170 Å². The van der Waals surface area contributed by atoms with Crippen LogP contribution >= 0.6 is 11.6 Å². The van der Waals surface area contributed by atoms with Crippen molar-refractivity contribution in [1.29, 1.82) is 0 Å². The SMILES string of the molecule is COC(=O)CC(C1=Cc2ccccc2OC1)c1c(O)nc2ccc(Cl)cn2c1=O. The summed E-state index contributed by atoms with van der Waals surface area (Å²) in [6.07, 6.45) is 3.13. The van der Waals surface area contributed by atoms with E-state index in [9.17, 15) is 14.7 Å². The smallest absolute Gasteiger partial charge is 0.306 e. The maximum Gasteiger partial charge on any atom is 0.306 e. The summed E-state index contributed by atoms with van der Waals surface area (Å²) in [5.41, 5.74) is 1.20. The zero-order valence-corrected chi connectivity index (χ0v) is 16.2. The zero-order valence-electron chi connectivity index (χ0n) is 15.5. The Hall–Kier alpha value is -3.32. The van der Waals surface area contributed by atoms with Crippen LogP contribution in [0.5, 0.6) is 11.6 Å². The van der Waals surface area contributed by atoms with Gasteiger partial charge in [-0.1, -0.05) is 29.8 Å². The molecule has 0 saturated carbocycles. The van der Waals surface area contributed by atoms with Gasteiger partial charge in [-0.25, -0.2) is 0 Å². The quantitative estimate of drug-likeness (QED) is 0.662. The number of esters is 1. The van der Waals surface area contributed by atoms with Crippen LogP contribution in [0.25, 0.3) is 11.7 Å². The summed E-state index contributed by atoms with van der Waals surface area (Å²) in [5.74, 6) is -1.03. The van der Waals surface area contributed by atoms with E-state index in [1.54, 1.807) is 6.07 Å². The van der Waals surface area contributed by atoms with Gasteiger partial charge in [-0.3, -0.25) is 14.0 Å². The molecule has 1 unspecified atom stereocenters. The van der Waals surface area contributed by atoms with Crippen molar-refractivity contribution in [3.63, 3.8) is 0 Å². The number of hydrogen-bond acceptors (Lipinski definition) is 6. The number of para-hydroxylation sites is 1. The summed E-state index contributed by atoms with van der Waals surface area (Å²) in [4.78, 5) is 29.4. The van der Waals surface area contributed by atoms with Crippen LogP contribution in [0.2, 0.25) is 5.02 Å². The molecule has 0 saturated heterocycles. The van der Waals surface area contributed by atoms with Crippen LogP contribution in [0.4, 0.5) is 0 Å². The fraction of sp³-hybridized carbons (Fsp3) is 0.190. The number of carbonyl (C=O) groups is 1. The third kappa shape index (κ3) is 3.56. The first-order valence-corrected chi connectivity index (χ1v) is 9.25. The minimum Gasteiger partial charge on any atom is -0.493 e. The van der Waals surface area contributed by atoms with E-state index in [0.29, 0.717) is 16.3 Å². The summed E-state index contributed by atoms with van der Waals surface area (Å²) in [7, 11) is 1.27. The number of benzene rings is 1. The first-order valence-electron chi connectivity index (χ1n) is 8.88. The molecule has 0 amide bonds. The molecule has 0 fully saturated rings. The number of ether oxygens (including phenoxy) is 2. The molecule has 3 heterocycles. The van der Waals surface area contributed by atoms with E-state index in [-0.39, 0.29) is 24.2 Å². The lowest BCUT2D eigenvalue weighted by Crippen LogP contribution is -2.27. The Bertz CT molecular complexity index is 1200. The first-order chi connectivity index (χ1) is 14.0.